The molecule has 0 spiro atoms. The molecule has 0 aliphatic rings. The van der Waals surface area contributed by atoms with E-state index in [9.17, 15) is 10.1 Å². The molecule has 1 amide bonds. The molecule has 1 aromatic heterocycles. The minimum Gasteiger partial charge on any atom is -0.493 e. The van der Waals surface area contributed by atoms with Crippen molar-refractivity contribution in [3.63, 3.8) is 0 Å². The van der Waals surface area contributed by atoms with Gasteiger partial charge in [0.2, 0.25) is 0 Å². The Morgan fingerprint density at radius 1 is 1.06 bits per heavy atom. The first-order valence-corrected chi connectivity index (χ1v) is 10.8. The lowest BCUT2D eigenvalue weighted by atomic mass is 10.1. The van der Waals surface area contributed by atoms with Crippen molar-refractivity contribution in [1.82, 2.24) is 5.16 Å². The van der Waals surface area contributed by atoms with Gasteiger partial charge in [0.15, 0.2) is 17.3 Å². The van der Waals surface area contributed by atoms with E-state index in [-0.39, 0.29) is 11.4 Å². The summed E-state index contributed by atoms with van der Waals surface area (Å²) >= 11 is 0. The average Bonchev–Trinajstić information content (AvgIpc) is 3.21. The fraction of sp³-hybridized carbons (Fsp3) is 0.269. The van der Waals surface area contributed by atoms with E-state index in [1.54, 1.807) is 31.2 Å². The number of hydrogen-bond acceptors (Lipinski definition) is 7. The summed E-state index contributed by atoms with van der Waals surface area (Å²) in [4.78, 5) is 12.4. The van der Waals surface area contributed by atoms with Gasteiger partial charge >= 0.3 is 0 Å². The summed E-state index contributed by atoms with van der Waals surface area (Å²) < 4.78 is 22.0. The van der Waals surface area contributed by atoms with Crippen LogP contribution in [0, 0.1) is 32.1 Å². The van der Waals surface area contributed by atoms with Crippen LogP contribution in [0.4, 0.5) is 5.82 Å². The molecule has 0 unspecified atom stereocenters. The lowest BCUT2D eigenvalue weighted by Crippen LogP contribution is -2.13. The number of ether oxygens (including phenoxy) is 3. The zero-order valence-electron chi connectivity index (χ0n) is 19.7. The number of aryl methyl sites for hydroxylation is 3. The maximum Gasteiger partial charge on any atom is 0.267 e. The van der Waals surface area contributed by atoms with Crippen LogP contribution in [-0.4, -0.2) is 31.4 Å². The molecule has 1 N–H and O–H groups in total. The first kappa shape index (κ1) is 24.4. The molecule has 0 aliphatic carbocycles. The second kappa shape index (κ2) is 11.6. The number of rotatable bonds is 10. The van der Waals surface area contributed by atoms with E-state index in [0.29, 0.717) is 42.5 Å². The van der Waals surface area contributed by atoms with Crippen LogP contribution in [0.3, 0.4) is 0 Å². The van der Waals surface area contributed by atoms with Gasteiger partial charge in [-0.25, -0.2) is 0 Å². The highest BCUT2D eigenvalue weighted by Gasteiger charge is 2.13. The maximum absolute atomic E-state index is 12.4. The van der Waals surface area contributed by atoms with Crippen LogP contribution in [0.5, 0.6) is 17.2 Å². The first-order valence-electron chi connectivity index (χ1n) is 10.8. The topological polar surface area (TPSA) is 107 Å². The molecule has 0 atom stereocenters. The van der Waals surface area contributed by atoms with Gasteiger partial charge in [-0.2, -0.15) is 5.26 Å². The molecule has 0 saturated heterocycles. The molecule has 8 heteroatoms. The Bertz CT molecular complexity index is 1200. The van der Waals surface area contributed by atoms with Crippen molar-refractivity contribution in [2.24, 2.45) is 0 Å². The fourth-order valence-corrected chi connectivity index (χ4v) is 3.26. The third-order valence-electron chi connectivity index (χ3n) is 4.74. The summed E-state index contributed by atoms with van der Waals surface area (Å²) in [7, 11) is 1.53. The van der Waals surface area contributed by atoms with Crippen molar-refractivity contribution < 1.29 is 23.5 Å². The highest BCUT2D eigenvalue weighted by atomic mass is 16.5. The molecule has 0 aliphatic heterocycles. The van der Waals surface area contributed by atoms with Gasteiger partial charge in [0.05, 0.1) is 20.3 Å². The Morgan fingerprint density at radius 2 is 1.79 bits per heavy atom. The number of benzene rings is 2. The second-order valence-corrected chi connectivity index (χ2v) is 7.73. The van der Waals surface area contributed by atoms with Gasteiger partial charge in [-0.1, -0.05) is 17.3 Å². The van der Waals surface area contributed by atoms with Gasteiger partial charge < -0.3 is 24.1 Å². The van der Waals surface area contributed by atoms with Crippen LogP contribution < -0.4 is 19.5 Å². The van der Waals surface area contributed by atoms with Crippen molar-refractivity contribution in [3.05, 3.63) is 70.5 Å². The number of nitrogens with one attached hydrogen (secondary N) is 1. The Balaban J connectivity index is 1.57. The Morgan fingerprint density at radius 3 is 2.44 bits per heavy atom. The number of carbonyl (C=O) groups is 1. The molecule has 0 radical (unpaired) electrons. The van der Waals surface area contributed by atoms with E-state index in [1.807, 2.05) is 32.0 Å². The summed E-state index contributed by atoms with van der Waals surface area (Å²) in [5, 5.41) is 15.6. The number of hydrogen-bond donors (Lipinski definition) is 1. The standard InChI is InChI=1S/C26H27N3O5/c1-17-10-18(2)12-22(11-17)32-8-5-9-33-23-7-6-20(15-24(23)31-4)14-21(16-27)26(30)28-25-13-19(3)34-29-25/h6-7,10-15H,5,8-9H2,1-4H3,(H,28,29,30). The molecule has 8 nitrogen and oxygen atoms in total. The van der Waals surface area contributed by atoms with Crippen molar-refractivity contribution >= 4 is 17.8 Å². The molecule has 1 heterocycles. The lowest BCUT2D eigenvalue weighted by molar-refractivity contribution is -0.112. The number of aromatic nitrogens is 1. The van der Waals surface area contributed by atoms with Crippen molar-refractivity contribution in [2.45, 2.75) is 27.2 Å². The predicted octanol–water partition coefficient (Wildman–Crippen LogP) is 5.00. The minimum atomic E-state index is -0.584. The summed E-state index contributed by atoms with van der Waals surface area (Å²) in [6.07, 6.45) is 2.16. The fourth-order valence-electron chi connectivity index (χ4n) is 3.26. The number of anilines is 1. The van der Waals surface area contributed by atoms with Crippen molar-refractivity contribution in [2.75, 3.05) is 25.6 Å². The van der Waals surface area contributed by atoms with Gasteiger partial charge in [-0.05, 0) is 67.8 Å². The monoisotopic (exact) mass is 461 g/mol. The maximum atomic E-state index is 12.4. The lowest BCUT2D eigenvalue weighted by Gasteiger charge is -2.12. The first-order chi connectivity index (χ1) is 16.4. The summed E-state index contributed by atoms with van der Waals surface area (Å²) in [6.45, 7) is 6.75. The van der Waals surface area contributed by atoms with Gasteiger partial charge in [-0.15, -0.1) is 0 Å². The molecule has 2 aromatic carbocycles. The van der Waals surface area contributed by atoms with Crippen LogP contribution in [-0.2, 0) is 4.79 Å². The van der Waals surface area contributed by atoms with E-state index >= 15 is 0 Å². The number of methoxy groups -OCH3 is 1. The second-order valence-electron chi connectivity index (χ2n) is 7.73. The normalized spacial score (nSPS) is 11.0. The molecule has 34 heavy (non-hydrogen) atoms. The summed E-state index contributed by atoms with van der Waals surface area (Å²) in [5.74, 6) is 2.11. The van der Waals surface area contributed by atoms with Crippen LogP contribution in [0.25, 0.3) is 6.08 Å². The zero-order chi connectivity index (χ0) is 24.5. The largest absolute Gasteiger partial charge is 0.493 e. The highest BCUT2D eigenvalue weighted by Crippen LogP contribution is 2.29. The van der Waals surface area contributed by atoms with Crippen molar-refractivity contribution in [1.29, 1.82) is 5.26 Å². The van der Waals surface area contributed by atoms with Gasteiger partial charge in [0.1, 0.15) is 23.2 Å². The molecule has 176 valence electrons. The van der Waals surface area contributed by atoms with E-state index in [2.05, 4.69) is 16.5 Å². The zero-order valence-corrected chi connectivity index (χ0v) is 19.7. The van der Waals surface area contributed by atoms with Crippen LogP contribution >= 0.6 is 0 Å². The SMILES string of the molecule is COc1cc(C=C(C#N)C(=O)Nc2cc(C)on2)ccc1OCCCOc1cc(C)cc(C)c1. The van der Waals surface area contributed by atoms with Crippen molar-refractivity contribution in [3.8, 4) is 23.3 Å². The molecular weight excluding hydrogens is 434 g/mol. The van der Waals surface area contributed by atoms with E-state index < -0.39 is 5.91 Å². The van der Waals surface area contributed by atoms with Gasteiger partial charge in [0, 0.05) is 12.5 Å². The molecule has 3 aromatic rings. The number of amides is 1. The molecule has 0 fully saturated rings. The molecule has 0 bridgehead atoms. The Kier molecular flexibility index (Phi) is 8.30. The van der Waals surface area contributed by atoms with E-state index in [1.165, 1.54) is 13.2 Å². The van der Waals surface area contributed by atoms with E-state index in [0.717, 1.165) is 16.9 Å². The number of carbonyl (C=O) groups excluding carboxylic acids is 1. The van der Waals surface area contributed by atoms with Gasteiger partial charge in [0.25, 0.3) is 5.91 Å². The molecule has 0 saturated carbocycles. The Labute approximate surface area is 198 Å². The number of nitrogens with zero attached hydrogens (tertiary/aromatic N) is 2. The summed E-state index contributed by atoms with van der Waals surface area (Å²) in [6, 6.07) is 14.8. The highest BCUT2D eigenvalue weighted by molar-refractivity contribution is 6.09. The van der Waals surface area contributed by atoms with Crippen LogP contribution in [0.1, 0.15) is 28.9 Å². The summed E-state index contributed by atoms with van der Waals surface area (Å²) in [5.41, 5.74) is 2.86. The smallest absolute Gasteiger partial charge is 0.267 e. The third-order valence-corrected chi connectivity index (χ3v) is 4.74. The van der Waals surface area contributed by atoms with E-state index in [4.69, 9.17) is 18.7 Å². The molecular formula is C26H27N3O5. The predicted molar refractivity (Wildman–Crippen MR) is 128 cm³/mol. The Hall–Kier alpha value is -4.25. The van der Waals surface area contributed by atoms with Gasteiger partial charge in [-0.3, -0.25) is 4.79 Å². The van der Waals surface area contributed by atoms with Crippen LogP contribution in [0.2, 0.25) is 0 Å². The third kappa shape index (κ3) is 6.87. The minimum absolute atomic E-state index is 0.0834. The van der Waals surface area contributed by atoms with Crippen LogP contribution in [0.15, 0.2) is 52.6 Å². The quantitative estimate of drug-likeness (QED) is 0.257. The molecule has 3 rings (SSSR count). The average molecular weight is 462 g/mol. The number of nitriles is 1.